The van der Waals surface area contributed by atoms with Gasteiger partial charge in [-0.05, 0) is 24.1 Å². The fourth-order valence-corrected chi connectivity index (χ4v) is 2.46. The van der Waals surface area contributed by atoms with Crippen molar-refractivity contribution in [2.24, 2.45) is 5.92 Å². The van der Waals surface area contributed by atoms with Crippen LogP contribution >= 0.6 is 0 Å². The molecule has 1 aliphatic rings. The van der Waals surface area contributed by atoms with Crippen LogP contribution in [0.5, 0.6) is 0 Å². The third-order valence-corrected chi connectivity index (χ3v) is 3.86. The molecule has 8 heteroatoms. The van der Waals surface area contributed by atoms with Gasteiger partial charge in [0.05, 0.1) is 13.2 Å². The summed E-state index contributed by atoms with van der Waals surface area (Å²) in [6, 6.07) is 5.04. The predicted octanol–water partition coefficient (Wildman–Crippen LogP) is 2.44. The fraction of sp³-hybridized carbons (Fsp3) is 0.412. The Hall–Kier alpha value is -2.32. The Balaban J connectivity index is 1.44. The molecule has 0 aliphatic carbocycles. The third-order valence-electron chi connectivity index (χ3n) is 3.86. The Labute approximate surface area is 143 Å². The molecule has 6 nitrogen and oxygen atoms in total. The highest BCUT2D eigenvalue weighted by atomic mass is 19.2. The van der Waals surface area contributed by atoms with E-state index >= 15 is 0 Å². The van der Waals surface area contributed by atoms with Crippen molar-refractivity contribution in [3.8, 4) is 0 Å². The van der Waals surface area contributed by atoms with Gasteiger partial charge in [0.25, 0.3) is 5.91 Å². The maximum atomic E-state index is 13.1. The van der Waals surface area contributed by atoms with Gasteiger partial charge in [-0.1, -0.05) is 11.2 Å². The molecule has 1 aliphatic heterocycles. The van der Waals surface area contributed by atoms with Gasteiger partial charge in [0.15, 0.2) is 23.1 Å². The van der Waals surface area contributed by atoms with E-state index in [-0.39, 0.29) is 24.8 Å². The van der Waals surface area contributed by atoms with Crippen molar-refractivity contribution in [1.29, 1.82) is 0 Å². The van der Waals surface area contributed by atoms with Gasteiger partial charge in [-0.25, -0.2) is 8.78 Å². The summed E-state index contributed by atoms with van der Waals surface area (Å²) in [4.78, 5) is 12.0. The van der Waals surface area contributed by atoms with Gasteiger partial charge < -0.3 is 19.3 Å². The van der Waals surface area contributed by atoms with Crippen molar-refractivity contribution >= 4 is 5.91 Å². The SMILES string of the molecule is O=C(NCC1CCOC1)c1cc(COCc2ccc(F)c(F)c2)on1. The summed E-state index contributed by atoms with van der Waals surface area (Å²) in [6.45, 7) is 2.07. The Kier molecular flexibility index (Phi) is 5.72. The molecule has 1 aromatic heterocycles. The number of aromatic nitrogens is 1. The van der Waals surface area contributed by atoms with E-state index in [1.807, 2.05) is 0 Å². The normalized spacial score (nSPS) is 17.0. The molecular formula is C17H18F2N2O4. The summed E-state index contributed by atoms with van der Waals surface area (Å²) < 4.78 is 41.6. The Morgan fingerprint density at radius 3 is 2.92 bits per heavy atom. The number of hydrogen-bond acceptors (Lipinski definition) is 5. The van der Waals surface area contributed by atoms with E-state index in [0.717, 1.165) is 25.2 Å². The minimum atomic E-state index is -0.924. The molecule has 3 rings (SSSR count). The van der Waals surface area contributed by atoms with Crippen LogP contribution in [0.25, 0.3) is 0 Å². The van der Waals surface area contributed by atoms with Crippen LogP contribution in [-0.4, -0.2) is 30.8 Å². The van der Waals surface area contributed by atoms with E-state index in [1.165, 1.54) is 12.1 Å². The van der Waals surface area contributed by atoms with Crippen molar-refractivity contribution in [3.63, 3.8) is 0 Å². The smallest absolute Gasteiger partial charge is 0.273 e. The highest BCUT2D eigenvalue weighted by molar-refractivity contribution is 5.92. The zero-order valence-electron chi connectivity index (χ0n) is 13.5. The topological polar surface area (TPSA) is 73.6 Å². The van der Waals surface area contributed by atoms with Gasteiger partial charge in [-0.3, -0.25) is 4.79 Å². The van der Waals surface area contributed by atoms with Crippen LogP contribution in [0.2, 0.25) is 0 Å². The zero-order valence-corrected chi connectivity index (χ0v) is 13.5. The number of nitrogens with zero attached hydrogens (tertiary/aromatic N) is 1. The molecule has 1 fully saturated rings. The Morgan fingerprint density at radius 2 is 2.16 bits per heavy atom. The quantitative estimate of drug-likeness (QED) is 0.829. The largest absolute Gasteiger partial charge is 0.381 e. The Bertz CT molecular complexity index is 729. The lowest BCUT2D eigenvalue weighted by Crippen LogP contribution is -2.29. The number of ether oxygens (including phenoxy) is 2. The number of halogens is 2. The van der Waals surface area contributed by atoms with Gasteiger partial charge in [0.2, 0.25) is 0 Å². The van der Waals surface area contributed by atoms with E-state index in [4.69, 9.17) is 14.0 Å². The van der Waals surface area contributed by atoms with Gasteiger partial charge in [0, 0.05) is 25.1 Å². The Morgan fingerprint density at radius 1 is 1.28 bits per heavy atom. The molecule has 2 heterocycles. The first-order valence-corrected chi connectivity index (χ1v) is 7.95. The lowest BCUT2D eigenvalue weighted by molar-refractivity contribution is 0.0875. The summed E-state index contributed by atoms with van der Waals surface area (Å²) in [5, 5.41) is 6.49. The lowest BCUT2D eigenvalue weighted by Gasteiger charge is -2.07. The highest BCUT2D eigenvalue weighted by Gasteiger charge is 2.18. The summed E-state index contributed by atoms with van der Waals surface area (Å²) >= 11 is 0. The number of benzene rings is 1. The first kappa shape index (κ1) is 17.5. The van der Waals surface area contributed by atoms with Gasteiger partial charge in [0.1, 0.15) is 6.61 Å². The maximum absolute atomic E-state index is 13.1. The van der Waals surface area contributed by atoms with Crippen LogP contribution in [0.15, 0.2) is 28.8 Å². The standard InChI is InChI=1S/C17H18F2N2O4/c18-14-2-1-11(5-15(14)19)8-24-10-13-6-16(21-25-13)17(22)20-7-12-3-4-23-9-12/h1-2,5-6,12H,3-4,7-10H2,(H,20,22). The van der Waals surface area contributed by atoms with Crippen molar-refractivity contribution in [2.45, 2.75) is 19.6 Å². The molecule has 0 radical (unpaired) electrons. The maximum Gasteiger partial charge on any atom is 0.273 e. The van der Waals surface area contributed by atoms with Crippen molar-refractivity contribution in [1.82, 2.24) is 10.5 Å². The first-order chi connectivity index (χ1) is 12.1. The zero-order chi connectivity index (χ0) is 17.6. The molecule has 0 saturated carbocycles. The summed E-state index contributed by atoms with van der Waals surface area (Å²) in [7, 11) is 0. The number of rotatable bonds is 7. The minimum Gasteiger partial charge on any atom is -0.381 e. The molecule has 25 heavy (non-hydrogen) atoms. The molecule has 1 unspecified atom stereocenters. The molecule has 1 amide bonds. The monoisotopic (exact) mass is 352 g/mol. The van der Waals surface area contributed by atoms with Crippen LogP contribution in [0, 0.1) is 17.6 Å². The number of hydrogen-bond donors (Lipinski definition) is 1. The van der Waals surface area contributed by atoms with Crippen LogP contribution < -0.4 is 5.32 Å². The molecule has 1 N–H and O–H groups in total. The van der Waals surface area contributed by atoms with Crippen molar-refractivity contribution in [2.75, 3.05) is 19.8 Å². The van der Waals surface area contributed by atoms with Gasteiger partial charge in [-0.2, -0.15) is 0 Å². The number of carbonyl (C=O) groups is 1. The van der Waals surface area contributed by atoms with Gasteiger partial charge in [-0.15, -0.1) is 0 Å². The minimum absolute atomic E-state index is 0.0652. The average Bonchev–Trinajstić information content (AvgIpc) is 3.28. The molecular weight excluding hydrogens is 334 g/mol. The average molecular weight is 352 g/mol. The fourth-order valence-electron chi connectivity index (χ4n) is 2.46. The van der Waals surface area contributed by atoms with Crippen LogP contribution in [0.1, 0.15) is 28.2 Å². The van der Waals surface area contributed by atoms with Crippen LogP contribution in [0.3, 0.4) is 0 Å². The van der Waals surface area contributed by atoms with Crippen LogP contribution in [-0.2, 0) is 22.7 Å². The van der Waals surface area contributed by atoms with Crippen LogP contribution in [0.4, 0.5) is 8.78 Å². The first-order valence-electron chi connectivity index (χ1n) is 7.95. The summed E-state index contributed by atoms with van der Waals surface area (Å²) in [5.74, 6) is -1.44. The summed E-state index contributed by atoms with van der Waals surface area (Å²) in [5.41, 5.74) is 0.667. The molecule has 1 aromatic carbocycles. The molecule has 2 aromatic rings. The third kappa shape index (κ3) is 4.83. The molecule has 1 atom stereocenters. The molecule has 134 valence electrons. The van der Waals surface area contributed by atoms with E-state index < -0.39 is 11.6 Å². The predicted molar refractivity (Wildman–Crippen MR) is 82.6 cm³/mol. The lowest BCUT2D eigenvalue weighted by atomic mass is 10.1. The van der Waals surface area contributed by atoms with Crippen molar-refractivity contribution in [3.05, 3.63) is 52.9 Å². The number of amides is 1. The molecule has 0 bridgehead atoms. The molecule has 1 saturated heterocycles. The van der Waals surface area contributed by atoms with E-state index in [9.17, 15) is 13.6 Å². The van der Waals surface area contributed by atoms with E-state index in [1.54, 1.807) is 0 Å². The molecule has 0 spiro atoms. The second-order valence-corrected chi connectivity index (χ2v) is 5.86. The van der Waals surface area contributed by atoms with E-state index in [2.05, 4.69) is 10.5 Å². The van der Waals surface area contributed by atoms with E-state index in [0.29, 0.717) is 30.4 Å². The highest BCUT2D eigenvalue weighted by Crippen LogP contribution is 2.13. The van der Waals surface area contributed by atoms with Crippen molar-refractivity contribution < 1.29 is 27.6 Å². The second-order valence-electron chi connectivity index (χ2n) is 5.86. The summed E-state index contributed by atoms with van der Waals surface area (Å²) in [6.07, 6.45) is 0.933. The number of nitrogens with one attached hydrogen (secondary N) is 1. The second kappa shape index (κ2) is 8.17. The van der Waals surface area contributed by atoms with Gasteiger partial charge >= 0.3 is 0 Å². The number of carbonyl (C=O) groups excluding carboxylic acids is 1.